The van der Waals surface area contributed by atoms with Crippen molar-refractivity contribution in [3.8, 4) is 6.07 Å². The van der Waals surface area contributed by atoms with E-state index in [1.54, 1.807) is 5.06 Å². The Balaban J connectivity index is 2.17. The van der Waals surface area contributed by atoms with Crippen molar-refractivity contribution in [2.45, 2.75) is 25.0 Å². The van der Waals surface area contributed by atoms with Gasteiger partial charge in [-0.15, -0.1) is 0 Å². The molecule has 2 aliphatic heterocycles. The topological polar surface area (TPSA) is 53.3 Å². The molecule has 2 heterocycles. The molecule has 2 fully saturated rings. The van der Waals surface area contributed by atoms with Crippen LogP contribution in [0.25, 0.3) is 0 Å². The highest BCUT2D eigenvalue weighted by molar-refractivity contribution is 5.84. The molecule has 58 valence electrons. The van der Waals surface area contributed by atoms with Crippen LogP contribution in [0.1, 0.15) is 12.8 Å². The van der Waals surface area contributed by atoms with E-state index in [1.165, 1.54) is 0 Å². The number of hydrogen-bond donors (Lipinski definition) is 0. The van der Waals surface area contributed by atoms with Gasteiger partial charge in [-0.3, -0.25) is 9.63 Å². The lowest BCUT2D eigenvalue weighted by Gasteiger charge is -2.21. The van der Waals surface area contributed by atoms with E-state index < -0.39 is 0 Å². The Kier molecular flexibility index (Phi) is 1.41. The molecule has 0 aromatic rings. The number of fused-ring (bicyclic) bond motifs is 2. The Labute approximate surface area is 64.3 Å². The molecular weight excluding hydrogens is 144 g/mol. The largest absolute Gasteiger partial charge is 0.297 e. The molecule has 1 unspecified atom stereocenters. The van der Waals surface area contributed by atoms with Gasteiger partial charge in [-0.2, -0.15) is 10.3 Å². The minimum Gasteiger partial charge on any atom is -0.297 e. The number of nitrogens with zero attached hydrogens (tertiary/aromatic N) is 2. The minimum atomic E-state index is -0.326. The van der Waals surface area contributed by atoms with Crippen LogP contribution in [0.3, 0.4) is 0 Å². The van der Waals surface area contributed by atoms with E-state index in [0.717, 1.165) is 0 Å². The van der Waals surface area contributed by atoms with Gasteiger partial charge < -0.3 is 0 Å². The van der Waals surface area contributed by atoms with Crippen LogP contribution < -0.4 is 0 Å². The smallest absolute Gasteiger partial charge is 0.165 e. The molecule has 0 radical (unpaired) electrons. The van der Waals surface area contributed by atoms with Gasteiger partial charge in [0.25, 0.3) is 0 Å². The van der Waals surface area contributed by atoms with Gasteiger partial charge in [0, 0.05) is 19.4 Å². The minimum absolute atomic E-state index is 0.138. The first-order valence-corrected chi connectivity index (χ1v) is 3.67. The predicted octanol–water partition coefficient (Wildman–Crippen LogP) is -0.143. The van der Waals surface area contributed by atoms with Crippen LogP contribution in [-0.4, -0.2) is 29.5 Å². The molecule has 0 aromatic carbocycles. The third kappa shape index (κ3) is 0.934. The lowest BCUT2D eigenvalue weighted by molar-refractivity contribution is -0.184. The van der Waals surface area contributed by atoms with E-state index >= 15 is 0 Å². The SMILES string of the molecule is N#C[C@H]1C[C@H]2ON1CCC2=O. The quantitative estimate of drug-likeness (QED) is 0.484. The zero-order chi connectivity index (χ0) is 7.84. The first kappa shape index (κ1) is 6.77. The van der Waals surface area contributed by atoms with Gasteiger partial charge in [0.2, 0.25) is 0 Å². The van der Waals surface area contributed by atoms with Crippen LogP contribution in [0.4, 0.5) is 0 Å². The summed E-state index contributed by atoms with van der Waals surface area (Å²) in [4.78, 5) is 16.2. The maximum Gasteiger partial charge on any atom is 0.165 e. The molecule has 0 amide bonds. The fourth-order valence-electron chi connectivity index (χ4n) is 1.50. The number of nitriles is 1. The highest BCUT2D eigenvalue weighted by Crippen LogP contribution is 2.26. The summed E-state index contributed by atoms with van der Waals surface area (Å²) in [5, 5.41) is 10.2. The predicted molar refractivity (Wildman–Crippen MR) is 35.2 cm³/mol. The molecular formula is C7H8N2O2. The fraction of sp³-hybridized carbons (Fsp3) is 0.714. The van der Waals surface area contributed by atoms with Crippen LogP contribution in [0.2, 0.25) is 0 Å². The number of rotatable bonds is 0. The molecule has 2 saturated heterocycles. The molecule has 0 aromatic heterocycles. The number of Topliss-reactive ketones (excluding diaryl/α,β-unsaturated/α-hetero) is 1. The van der Waals surface area contributed by atoms with Crippen molar-refractivity contribution in [1.29, 1.82) is 5.26 Å². The number of ketones is 1. The summed E-state index contributed by atoms with van der Waals surface area (Å²) in [6, 6.07) is 1.90. The van der Waals surface area contributed by atoms with Gasteiger partial charge >= 0.3 is 0 Å². The van der Waals surface area contributed by atoms with E-state index in [4.69, 9.17) is 10.1 Å². The van der Waals surface area contributed by atoms with Gasteiger partial charge in [0.05, 0.1) is 6.07 Å². The van der Waals surface area contributed by atoms with Crippen molar-refractivity contribution in [2.75, 3.05) is 6.54 Å². The molecule has 0 saturated carbocycles. The summed E-state index contributed by atoms with van der Waals surface area (Å²) >= 11 is 0. The molecule has 2 rings (SSSR count). The van der Waals surface area contributed by atoms with Crippen LogP contribution in [-0.2, 0) is 9.63 Å². The second kappa shape index (κ2) is 2.29. The zero-order valence-corrected chi connectivity index (χ0v) is 5.99. The average molecular weight is 152 g/mol. The highest BCUT2D eigenvalue weighted by Gasteiger charge is 2.41. The molecule has 4 heteroatoms. The normalized spacial score (nSPS) is 42.1. The molecule has 0 N–H and O–H groups in total. The number of carbonyl (C=O) groups is 1. The lowest BCUT2D eigenvalue weighted by Crippen LogP contribution is -2.35. The van der Waals surface area contributed by atoms with Crippen LogP contribution >= 0.6 is 0 Å². The van der Waals surface area contributed by atoms with Crippen molar-refractivity contribution in [3.63, 3.8) is 0 Å². The fourth-order valence-corrected chi connectivity index (χ4v) is 1.50. The van der Waals surface area contributed by atoms with Gasteiger partial charge in [-0.25, -0.2) is 0 Å². The van der Waals surface area contributed by atoms with Gasteiger partial charge in [-0.05, 0) is 0 Å². The number of hydrogen-bond acceptors (Lipinski definition) is 4. The first-order chi connectivity index (χ1) is 5.31. The van der Waals surface area contributed by atoms with E-state index in [0.29, 0.717) is 19.4 Å². The Morgan fingerprint density at radius 2 is 2.55 bits per heavy atom. The van der Waals surface area contributed by atoms with Gasteiger partial charge in [-0.1, -0.05) is 0 Å². The average Bonchev–Trinajstić information content (AvgIpc) is 2.37. The highest BCUT2D eigenvalue weighted by atomic mass is 16.7. The molecule has 0 aliphatic carbocycles. The van der Waals surface area contributed by atoms with Crippen molar-refractivity contribution in [1.82, 2.24) is 5.06 Å². The second-order valence-electron chi connectivity index (χ2n) is 2.83. The van der Waals surface area contributed by atoms with E-state index in [2.05, 4.69) is 6.07 Å². The summed E-state index contributed by atoms with van der Waals surface area (Å²) in [6.07, 6.45) is 0.756. The number of carbonyl (C=O) groups excluding carboxylic acids is 1. The summed E-state index contributed by atoms with van der Waals surface area (Å²) in [6.45, 7) is 0.577. The van der Waals surface area contributed by atoms with Crippen molar-refractivity contribution in [2.24, 2.45) is 0 Å². The van der Waals surface area contributed by atoms with Crippen molar-refractivity contribution >= 4 is 5.78 Å². The monoisotopic (exact) mass is 152 g/mol. The van der Waals surface area contributed by atoms with Gasteiger partial charge in [0.15, 0.2) is 5.78 Å². The Morgan fingerprint density at radius 3 is 3.18 bits per heavy atom. The summed E-state index contributed by atoms with van der Waals surface area (Å²) < 4.78 is 0. The maximum absolute atomic E-state index is 11.1. The summed E-state index contributed by atoms with van der Waals surface area (Å²) in [5.74, 6) is 0.138. The molecule has 11 heavy (non-hydrogen) atoms. The standard InChI is InChI=1S/C7H8N2O2/c8-4-5-3-7-6(10)1-2-9(5)11-7/h5,7H,1-3H2/t5-,7-/m1/s1. The van der Waals surface area contributed by atoms with Crippen LogP contribution in [0.15, 0.2) is 0 Å². The zero-order valence-electron chi connectivity index (χ0n) is 5.99. The number of hydroxylamine groups is 2. The Bertz CT molecular complexity index is 233. The van der Waals surface area contributed by atoms with Crippen molar-refractivity contribution < 1.29 is 9.63 Å². The Hall–Kier alpha value is -0.920. The van der Waals surface area contributed by atoms with Crippen LogP contribution in [0.5, 0.6) is 0 Å². The molecule has 2 bridgehead atoms. The third-order valence-electron chi connectivity index (χ3n) is 2.13. The third-order valence-corrected chi connectivity index (χ3v) is 2.13. The summed E-state index contributed by atoms with van der Waals surface area (Å²) in [5.41, 5.74) is 0. The van der Waals surface area contributed by atoms with Crippen LogP contribution in [0, 0.1) is 11.3 Å². The van der Waals surface area contributed by atoms with E-state index in [9.17, 15) is 4.79 Å². The van der Waals surface area contributed by atoms with Gasteiger partial charge in [0.1, 0.15) is 12.1 Å². The lowest BCUT2D eigenvalue weighted by atomic mass is 10.1. The Morgan fingerprint density at radius 1 is 1.73 bits per heavy atom. The maximum atomic E-state index is 11.1. The molecule has 3 atom stereocenters. The summed E-state index contributed by atoms with van der Waals surface area (Å²) in [7, 11) is 0. The van der Waals surface area contributed by atoms with E-state index in [-0.39, 0.29) is 17.9 Å². The molecule has 2 aliphatic rings. The molecule has 0 spiro atoms. The first-order valence-electron chi connectivity index (χ1n) is 3.67. The van der Waals surface area contributed by atoms with Crippen molar-refractivity contribution in [3.05, 3.63) is 0 Å². The second-order valence-corrected chi connectivity index (χ2v) is 2.83. The van der Waals surface area contributed by atoms with E-state index in [1.807, 2.05) is 0 Å². The molecule has 4 nitrogen and oxygen atoms in total.